The number of carbonyl (C=O) groups is 2. The minimum atomic E-state index is -0.565. The number of nitrogens with zero attached hydrogens (tertiary/aromatic N) is 2. The van der Waals surface area contributed by atoms with Crippen LogP contribution in [0.1, 0.15) is 41.5 Å². The summed E-state index contributed by atoms with van der Waals surface area (Å²) in [4.78, 5) is 33.2. The Balaban J connectivity index is 1.96. The summed E-state index contributed by atoms with van der Waals surface area (Å²) in [6.45, 7) is 11.8. The SMILES string of the molecule is CN=C1OC(C)(C)C(C)=C1C(=O)NCCNC(=O)C1=C(C)C(C)(C)OC1=NC. The van der Waals surface area contributed by atoms with Crippen molar-refractivity contribution in [2.45, 2.75) is 52.7 Å². The van der Waals surface area contributed by atoms with E-state index in [0.29, 0.717) is 22.9 Å². The van der Waals surface area contributed by atoms with Gasteiger partial charge in [-0.2, -0.15) is 0 Å². The molecule has 2 amide bonds. The molecule has 154 valence electrons. The van der Waals surface area contributed by atoms with E-state index in [2.05, 4.69) is 20.6 Å². The summed E-state index contributed by atoms with van der Waals surface area (Å²) >= 11 is 0. The van der Waals surface area contributed by atoms with Gasteiger partial charge in [0.15, 0.2) is 0 Å². The molecule has 8 nitrogen and oxygen atoms in total. The second-order valence-corrected chi connectivity index (χ2v) is 7.79. The maximum absolute atomic E-state index is 12.6. The molecule has 2 aliphatic rings. The van der Waals surface area contributed by atoms with Crippen LogP contribution in [0.4, 0.5) is 0 Å². The van der Waals surface area contributed by atoms with E-state index in [1.165, 1.54) is 0 Å². The molecule has 2 aliphatic heterocycles. The molecule has 0 radical (unpaired) electrons. The van der Waals surface area contributed by atoms with Gasteiger partial charge in [-0.25, -0.2) is 0 Å². The van der Waals surface area contributed by atoms with Crippen LogP contribution in [0, 0.1) is 0 Å². The minimum Gasteiger partial charge on any atom is -0.467 e. The third-order valence-corrected chi connectivity index (χ3v) is 5.24. The van der Waals surface area contributed by atoms with Crippen LogP contribution in [0.15, 0.2) is 32.3 Å². The summed E-state index contributed by atoms with van der Waals surface area (Å²) in [6, 6.07) is 0. The first kappa shape index (κ1) is 21.7. The fraction of sp³-hybridized carbons (Fsp3) is 0.600. The fourth-order valence-corrected chi connectivity index (χ4v) is 3.04. The highest BCUT2D eigenvalue weighted by atomic mass is 16.5. The Kier molecular flexibility index (Phi) is 6.01. The zero-order valence-electron chi connectivity index (χ0n) is 17.9. The molecule has 0 aromatic rings. The lowest BCUT2D eigenvalue weighted by molar-refractivity contribution is -0.118. The summed E-state index contributed by atoms with van der Waals surface area (Å²) in [6.07, 6.45) is 0. The predicted octanol–water partition coefficient (Wildman–Crippen LogP) is 1.53. The molecule has 0 aromatic heterocycles. The van der Waals surface area contributed by atoms with Gasteiger partial charge in [-0.3, -0.25) is 19.6 Å². The van der Waals surface area contributed by atoms with E-state index in [1.807, 2.05) is 41.5 Å². The van der Waals surface area contributed by atoms with E-state index in [4.69, 9.17) is 9.47 Å². The average Bonchev–Trinajstić information content (AvgIpc) is 3.00. The highest BCUT2D eigenvalue weighted by molar-refractivity contribution is 6.21. The van der Waals surface area contributed by atoms with Gasteiger partial charge in [0.2, 0.25) is 11.8 Å². The topological polar surface area (TPSA) is 101 Å². The average molecular weight is 390 g/mol. The minimum absolute atomic E-state index is 0.269. The van der Waals surface area contributed by atoms with Crippen molar-refractivity contribution in [3.8, 4) is 0 Å². The molecule has 0 saturated heterocycles. The van der Waals surface area contributed by atoms with E-state index >= 15 is 0 Å². The van der Waals surface area contributed by atoms with Gasteiger partial charge in [0.05, 0.1) is 0 Å². The largest absolute Gasteiger partial charge is 0.467 e. The Bertz CT molecular complexity index is 748. The van der Waals surface area contributed by atoms with E-state index in [0.717, 1.165) is 11.1 Å². The molecule has 0 unspecified atom stereocenters. The third-order valence-electron chi connectivity index (χ3n) is 5.24. The van der Waals surface area contributed by atoms with Gasteiger partial charge < -0.3 is 20.1 Å². The van der Waals surface area contributed by atoms with Crippen LogP contribution in [-0.4, -0.2) is 62.0 Å². The first-order chi connectivity index (χ1) is 13.0. The monoisotopic (exact) mass is 390 g/mol. The van der Waals surface area contributed by atoms with Crippen molar-refractivity contribution in [1.82, 2.24) is 10.6 Å². The van der Waals surface area contributed by atoms with Crippen molar-refractivity contribution < 1.29 is 19.1 Å². The molecule has 0 bridgehead atoms. The van der Waals surface area contributed by atoms with Crippen molar-refractivity contribution in [2.24, 2.45) is 9.98 Å². The van der Waals surface area contributed by atoms with Gasteiger partial charge in [0.25, 0.3) is 11.8 Å². The number of rotatable bonds is 5. The van der Waals surface area contributed by atoms with Gasteiger partial charge in [-0.1, -0.05) is 0 Å². The van der Waals surface area contributed by atoms with Crippen LogP contribution in [0.3, 0.4) is 0 Å². The molecule has 0 fully saturated rings. The molecule has 8 heteroatoms. The molecule has 0 aliphatic carbocycles. The quantitative estimate of drug-likeness (QED) is 0.695. The Morgan fingerprint density at radius 3 is 1.39 bits per heavy atom. The van der Waals surface area contributed by atoms with Gasteiger partial charge in [0, 0.05) is 27.2 Å². The van der Waals surface area contributed by atoms with E-state index in [1.54, 1.807) is 14.1 Å². The van der Waals surface area contributed by atoms with Crippen molar-refractivity contribution in [2.75, 3.05) is 27.2 Å². The Morgan fingerprint density at radius 2 is 1.11 bits per heavy atom. The summed E-state index contributed by atoms with van der Waals surface area (Å²) in [7, 11) is 3.18. The van der Waals surface area contributed by atoms with E-state index < -0.39 is 11.2 Å². The summed E-state index contributed by atoms with van der Waals surface area (Å²) in [5.41, 5.74) is 1.41. The van der Waals surface area contributed by atoms with Crippen LogP contribution >= 0.6 is 0 Å². The maximum Gasteiger partial charge on any atom is 0.256 e. The highest BCUT2D eigenvalue weighted by Gasteiger charge is 2.40. The molecule has 0 saturated carbocycles. The van der Waals surface area contributed by atoms with Gasteiger partial charge in [-0.05, 0) is 52.7 Å². The van der Waals surface area contributed by atoms with Gasteiger partial charge >= 0.3 is 0 Å². The summed E-state index contributed by atoms with van der Waals surface area (Å²) in [5.74, 6) is 0.127. The van der Waals surface area contributed by atoms with E-state index in [-0.39, 0.29) is 24.9 Å². The van der Waals surface area contributed by atoms with Gasteiger partial charge in [-0.15, -0.1) is 0 Å². The fourth-order valence-electron chi connectivity index (χ4n) is 3.04. The molecule has 2 N–H and O–H groups in total. The number of carbonyl (C=O) groups excluding carboxylic acids is 2. The highest BCUT2D eigenvalue weighted by Crippen LogP contribution is 2.33. The zero-order chi connectivity index (χ0) is 21.3. The number of hydrogen-bond acceptors (Lipinski definition) is 6. The smallest absolute Gasteiger partial charge is 0.256 e. The normalized spacial score (nSPS) is 23.1. The lowest BCUT2D eigenvalue weighted by Crippen LogP contribution is -2.37. The molecule has 2 heterocycles. The number of nitrogens with one attached hydrogen (secondary N) is 2. The van der Waals surface area contributed by atoms with Crippen LogP contribution in [0.5, 0.6) is 0 Å². The molecule has 0 atom stereocenters. The van der Waals surface area contributed by atoms with E-state index in [9.17, 15) is 9.59 Å². The van der Waals surface area contributed by atoms with Crippen LogP contribution in [0.25, 0.3) is 0 Å². The number of ether oxygens (including phenoxy) is 2. The molecule has 0 aromatic carbocycles. The first-order valence-electron chi connectivity index (χ1n) is 9.27. The zero-order valence-corrected chi connectivity index (χ0v) is 17.9. The maximum atomic E-state index is 12.6. The number of aliphatic imine (C=N–C) groups is 2. The Morgan fingerprint density at radius 1 is 0.786 bits per heavy atom. The molecule has 2 rings (SSSR count). The molecular weight excluding hydrogens is 360 g/mol. The second kappa shape index (κ2) is 7.77. The summed E-state index contributed by atoms with van der Waals surface area (Å²) < 4.78 is 11.4. The van der Waals surface area contributed by atoms with Crippen molar-refractivity contribution >= 4 is 23.6 Å². The van der Waals surface area contributed by atoms with Gasteiger partial charge in [0.1, 0.15) is 22.3 Å². The molecule has 0 spiro atoms. The molecular formula is C20H30N4O4. The van der Waals surface area contributed by atoms with Crippen molar-refractivity contribution in [3.63, 3.8) is 0 Å². The third kappa shape index (κ3) is 3.95. The number of amides is 2. The van der Waals surface area contributed by atoms with Crippen LogP contribution in [-0.2, 0) is 19.1 Å². The Labute approximate surface area is 166 Å². The second-order valence-electron chi connectivity index (χ2n) is 7.79. The lowest BCUT2D eigenvalue weighted by Gasteiger charge is -2.19. The van der Waals surface area contributed by atoms with Crippen molar-refractivity contribution in [1.29, 1.82) is 0 Å². The predicted molar refractivity (Wildman–Crippen MR) is 108 cm³/mol. The Hall–Kier alpha value is -2.64. The number of hydrogen-bond donors (Lipinski definition) is 2. The van der Waals surface area contributed by atoms with Crippen LogP contribution < -0.4 is 10.6 Å². The first-order valence-corrected chi connectivity index (χ1v) is 9.27. The molecule has 28 heavy (non-hydrogen) atoms. The van der Waals surface area contributed by atoms with Crippen molar-refractivity contribution in [3.05, 3.63) is 22.3 Å². The standard InChI is InChI=1S/C20H30N4O4/c1-11-13(17(21-7)27-19(11,3)4)15(25)23-9-10-24-16(26)14-12(2)20(5,6)28-18(14)22-8/h9-10H2,1-8H3,(H,23,25)(H,24,26). The summed E-state index contributed by atoms with van der Waals surface area (Å²) in [5, 5.41) is 5.61. The van der Waals surface area contributed by atoms with Crippen LogP contribution in [0.2, 0.25) is 0 Å². The lowest BCUT2D eigenvalue weighted by atomic mass is 9.97.